The average molecular weight is 174 g/mol. The molecule has 0 aromatic carbocycles. The Labute approximate surface area is 77.4 Å². The molecule has 0 bridgehead atoms. The van der Waals surface area contributed by atoms with Gasteiger partial charge in [0.25, 0.3) is 0 Å². The lowest BCUT2D eigenvalue weighted by atomic mass is 10.5. The van der Waals surface area contributed by atoms with Gasteiger partial charge in [-0.1, -0.05) is 12.1 Å². The molecule has 2 radical (unpaired) electrons. The molecule has 0 saturated heterocycles. The minimum absolute atomic E-state index is 0. The highest BCUT2D eigenvalue weighted by atomic mass is 16.0. The van der Waals surface area contributed by atoms with E-state index < -0.39 is 0 Å². The van der Waals surface area contributed by atoms with E-state index in [9.17, 15) is 0 Å². The molecule has 2 heterocycles. The van der Waals surface area contributed by atoms with Gasteiger partial charge in [0, 0.05) is 30.3 Å². The Morgan fingerprint density at radius 2 is 0.769 bits per heavy atom. The number of rotatable bonds is 0. The van der Waals surface area contributed by atoms with E-state index in [1.54, 1.807) is 24.8 Å². The maximum Gasteiger partial charge on any atom is 0.0267 e. The fraction of sp³-hybridized carbons (Fsp3) is 0. The molecule has 3 nitrogen and oxygen atoms in total. The molecule has 0 saturated carbocycles. The predicted octanol–water partition coefficient (Wildman–Crippen LogP) is 2.04. The number of pyridine rings is 2. The minimum Gasteiger partial charge on any atom is -0.265 e. The van der Waals surface area contributed by atoms with Gasteiger partial charge in [-0.3, -0.25) is 9.97 Å². The van der Waals surface area contributed by atoms with E-state index in [0.29, 0.717) is 0 Å². The van der Waals surface area contributed by atoms with Crippen molar-refractivity contribution in [2.24, 2.45) is 0 Å². The van der Waals surface area contributed by atoms with Crippen LogP contribution in [0.5, 0.6) is 0 Å². The van der Waals surface area contributed by atoms with Gasteiger partial charge in [-0.05, 0) is 24.3 Å². The first-order valence-electron chi connectivity index (χ1n) is 3.70. The SMILES string of the molecule is [O].c1ccncc1.c1ccncc1. The van der Waals surface area contributed by atoms with Crippen molar-refractivity contribution in [1.82, 2.24) is 9.97 Å². The molecule has 0 spiro atoms. The highest BCUT2D eigenvalue weighted by Crippen LogP contribution is 1.74. The third-order valence-corrected chi connectivity index (χ3v) is 1.13. The second kappa shape index (κ2) is 8.36. The number of aromatic nitrogens is 2. The molecule has 0 aliphatic rings. The maximum absolute atomic E-state index is 3.78. The zero-order chi connectivity index (χ0) is 8.49. The standard InChI is InChI=1S/2C5H5N.O/c2*1-2-4-6-5-3-1;/h2*1-5H;. The molecule has 13 heavy (non-hydrogen) atoms. The fourth-order valence-electron chi connectivity index (χ4n) is 0.625. The second-order valence-electron chi connectivity index (χ2n) is 2.05. The van der Waals surface area contributed by atoms with E-state index in [1.165, 1.54) is 0 Å². The summed E-state index contributed by atoms with van der Waals surface area (Å²) in [5.41, 5.74) is 0. The molecule has 0 aliphatic heterocycles. The molecule has 0 atom stereocenters. The Kier molecular flexibility index (Phi) is 7.24. The van der Waals surface area contributed by atoms with Crippen molar-refractivity contribution in [1.29, 1.82) is 0 Å². The van der Waals surface area contributed by atoms with Crippen LogP contribution in [0.25, 0.3) is 0 Å². The Morgan fingerprint density at radius 3 is 0.846 bits per heavy atom. The summed E-state index contributed by atoms with van der Waals surface area (Å²) in [5.74, 6) is 0. The first kappa shape index (κ1) is 11.3. The Balaban J connectivity index is 0.000000206. The molecule has 0 unspecified atom stereocenters. The van der Waals surface area contributed by atoms with Crippen LogP contribution in [0.4, 0.5) is 0 Å². The van der Waals surface area contributed by atoms with Crippen molar-refractivity contribution in [2.45, 2.75) is 0 Å². The third kappa shape index (κ3) is 6.65. The molecular formula is C10H10N2O. The lowest BCUT2D eigenvalue weighted by molar-refractivity contribution is 0.686. The molecular weight excluding hydrogens is 164 g/mol. The number of hydrogen-bond donors (Lipinski definition) is 0. The van der Waals surface area contributed by atoms with Gasteiger partial charge >= 0.3 is 0 Å². The van der Waals surface area contributed by atoms with Gasteiger partial charge < -0.3 is 0 Å². The van der Waals surface area contributed by atoms with E-state index in [2.05, 4.69) is 9.97 Å². The summed E-state index contributed by atoms with van der Waals surface area (Å²) in [5, 5.41) is 0. The second-order valence-corrected chi connectivity index (χ2v) is 2.05. The molecule has 66 valence electrons. The van der Waals surface area contributed by atoms with Gasteiger partial charge in [0.15, 0.2) is 0 Å². The lowest BCUT2D eigenvalue weighted by Crippen LogP contribution is -1.58. The van der Waals surface area contributed by atoms with Gasteiger partial charge in [0.2, 0.25) is 0 Å². The Hall–Kier alpha value is -1.74. The molecule has 2 aromatic rings. The molecule has 0 N–H and O–H groups in total. The smallest absolute Gasteiger partial charge is 0.0267 e. The molecule has 0 fully saturated rings. The molecule has 3 heteroatoms. The highest BCUT2D eigenvalue weighted by molar-refractivity contribution is 4.88. The van der Waals surface area contributed by atoms with Gasteiger partial charge in [0.1, 0.15) is 0 Å². The fourth-order valence-corrected chi connectivity index (χ4v) is 0.625. The van der Waals surface area contributed by atoms with E-state index in [4.69, 9.17) is 0 Å². The van der Waals surface area contributed by atoms with Crippen LogP contribution in [-0.4, -0.2) is 9.97 Å². The number of hydrogen-bond acceptors (Lipinski definition) is 2. The quantitative estimate of drug-likeness (QED) is 0.613. The Bertz CT molecular complexity index is 188. The summed E-state index contributed by atoms with van der Waals surface area (Å²) in [6.07, 6.45) is 7.00. The molecule has 0 amide bonds. The van der Waals surface area contributed by atoms with Crippen molar-refractivity contribution in [3.05, 3.63) is 61.2 Å². The molecule has 2 rings (SSSR count). The van der Waals surface area contributed by atoms with Crippen LogP contribution in [0.1, 0.15) is 0 Å². The summed E-state index contributed by atoms with van der Waals surface area (Å²) in [7, 11) is 0. The van der Waals surface area contributed by atoms with Crippen molar-refractivity contribution < 1.29 is 5.48 Å². The molecule has 0 aliphatic carbocycles. The summed E-state index contributed by atoms with van der Waals surface area (Å²) in [6.45, 7) is 0. The van der Waals surface area contributed by atoms with Crippen molar-refractivity contribution in [2.75, 3.05) is 0 Å². The van der Waals surface area contributed by atoms with Gasteiger partial charge in [-0.2, -0.15) is 0 Å². The van der Waals surface area contributed by atoms with E-state index in [0.717, 1.165) is 0 Å². The van der Waals surface area contributed by atoms with Gasteiger partial charge in [0.05, 0.1) is 0 Å². The van der Waals surface area contributed by atoms with E-state index in [1.807, 2.05) is 36.4 Å². The highest BCUT2D eigenvalue weighted by Gasteiger charge is 1.59. The van der Waals surface area contributed by atoms with Gasteiger partial charge in [-0.15, -0.1) is 0 Å². The van der Waals surface area contributed by atoms with Crippen LogP contribution < -0.4 is 0 Å². The van der Waals surface area contributed by atoms with Crippen LogP contribution in [0.2, 0.25) is 0 Å². The first-order chi connectivity index (χ1) is 6.00. The summed E-state index contributed by atoms with van der Waals surface area (Å²) < 4.78 is 0. The third-order valence-electron chi connectivity index (χ3n) is 1.13. The number of nitrogens with zero attached hydrogens (tertiary/aromatic N) is 2. The predicted molar refractivity (Wildman–Crippen MR) is 49.2 cm³/mol. The van der Waals surface area contributed by atoms with Crippen molar-refractivity contribution in [3.63, 3.8) is 0 Å². The van der Waals surface area contributed by atoms with Crippen LogP contribution >= 0.6 is 0 Å². The molecule has 2 aromatic heterocycles. The van der Waals surface area contributed by atoms with Crippen LogP contribution in [-0.2, 0) is 5.48 Å². The zero-order valence-corrected chi connectivity index (χ0v) is 7.08. The van der Waals surface area contributed by atoms with E-state index in [-0.39, 0.29) is 5.48 Å². The van der Waals surface area contributed by atoms with Crippen LogP contribution in [0, 0.1) is 0 Å². The monoisotopic (exact) mass is 174 g/mol. The summed E-state index contributed by atoms with van der Waals surface area (Å²) in [4.78, 5) is 7.57. The van der Waals surface area contributed by atoms with E-state index >= 15 is 0 Å². The zero-order valence-electron chi connectivity index (χ0n) is 7.08. The van der Waals surface area contributed by atoms with Gasteiger partial charge in [-0.25, -0.2) is 0 Å². The Morgan fingerprint density at radius 1 is 0.462 bits per heavy atom. The largest absolute Gasteiger partial charge is 0.265 e. The summed E-state index contributed by atoms with van der Waals surface area (Å²) >= 11 is 0. The lowest BCUT2D eigenvalue weighted by Gasteiger charge is -1.70. The van der Waals surface area contributed by atoms with Crippen molar-refractivity contribution in [3.8, 4) is 0 Å². The summed E-state index contributed by atoms with van der Waals surface area (Å²) in [6, 6.07) is 11.4. The minimum atomic E-state index is 0. The average Bonchev–Trinajstić information content (AvgIpc) is 2.24. The maximum atomic E-state index is 3.78. The van der Waals surface area contributed by atoms with Crippen LogP contribution in [0.3, 0.4) is 0 Å². The normalized spacial score (nSPS) is 7.38. The topological polar surface area (TPSA) is 54.3 Å². The first-order valence-corrected chi connectivity index (χ1v) is 3.70. The van der Waals surface area contributed by atoms with Crippen molar-refractivity contribution >= 4 is 0 Å². The van der Waals surface area contributed by atoms with Crippen LogP contribution in [0.15, 0.2) is 61.2 Å².